The van der Waals surface area contributed by atoms with Crippen LogP contribution in [-0.4, -0.2) is 12.9 Å². The Morgan fingerprint density at radius 1 is 1.45 bits per heavy atom. The summed E-state index contributed by atoms with van der Waals surface area (Å²) in [6, 6.07) is 4.61. The summed E-state index contributed by atoms with van der Waals surface area (Å²) < 4.78 is 12.6. The molecule has 0 saturated carbocycles. The van der Waals surface area contributed by atoms with Gasteiger partial charge in [0.1, 0.15) is 12.5 Å². The van der Waals surface area contributed by atoms with Gasteiger partial charge < -0.3 is 5.32 Å². The second kappa shape index (κ2) is 2.34. The lowest BCUT2D eigenvalue weighted by molar-refractivity contribution is 0.628. The Bertz CT molecular complexity index is 307. The van der Waals surface area contributed by atoms with Crippen molar-refractivity contribution in [2.24, 2.45) is 4.99 Å². The number of hydrogen-bond acceptors (Lipinski definition) is 2. The van der Waals surface area contributed by atoms with Crippen molar-refractivity contribution in [3.05, 3.63) is 29.6 Å². The van der Waals surface area contributed by atoms with Crippen LogP contribution >= 0.6 is 0 Å². The van der Waals surface area contributed by atoms with Crippen LogP contribution in [0.4, 0.5) is 10.1 Å². The van der Waals surface area contributed by atoms with E-state index in [-0.39, 0.29) is 5.82 Å². The van der Waals surface area contributed by atoms with Gasteiger partial charge in [-0.3, -0.25) is 4.99 Å². The van der Waals surface area contributed by atoms with Gasteiger partial charge in [0.25, 0.3) is 0 Å². The minimum atomic E-state index is -0.216. The second-order valence-electron chi connectivity index (χ2n) is 2.38. The highest BCUT2D eigenvalue weighted by molar-refractivity contribution is 5.89. The zero-order valence-corrected chi connectivity index (χ0v) is 5.84. The van der Waals surface area contributed by atoms with E-state index < -0.39 is 0 Å². The van der Waals surface area contributed by atoms with E-state index in [0.29, 0.717) is 6.67 Å². The number of fused-ring (bicyclic) bond motifs is 1. The van der Waals surface area contributed by atoms with Crippen molar-refractivity contribution in [3.8, 4) is 0 Å². The van der Waals surface area contributed by atoms with Crippen LogP contribution in [0.2, 0.25) is 0 Å². The summed E-state index contributed by atoms with van der Waals surface area (Å²) in [5.41, 5.74) is 1.76. The number of anilines is 1. The number of hydrogen-bond donors (Lipinski definition) is 1. The Labute approximate surface area is 63.8 Å². The van der Waals surface area contributed by atoms with Crippen molar-refractivity contribution in [3.63, 3.8) is 0 Å². The number of aliphatic imine (C=N–C) groups is 1. The molecule has 0 fully saturated rings. The number of nitrogens with one attached hydrogen (secondary N) is 1. The molecule has 0 bridgehead atoms. The van der Waals surface area contributed by atoms with Gasteiger partial charge >= 0.3 is 0 Å². The van der Waals surface area contributed by atoms with Crippen LogP contribution in [0.25, 0.3) is 0 Å². The van der Waals surface area contributed by atoms with Crippen LogP contribution in [0.15, 0.2) is 23.2 Å². The third kappa shape index (κ3) is 1.09. The summed E-state index contributed by atoms with van der Waals surface area (Å²) in [4.78, 5) is 3.99. The zero-order chi connectivity index (χ0) is 7.68. The van der Waals surface area contributed by atoms with E-state index in [2.05, 4.69) is 10.3 Å². The van der Waals surface area contributed by atoms with E-state index in [1.54, 1.807) is 12.3 Å². The summed E-state index contributed by atoms with van der Waals surface area (Å²) in [5, 5.41) is 2.97. The molecular formula is C8H7FN2. The van der Waals surface area contributed by atoms with Gasteiger partial charge in [-0.2, -0.15) is 0 Å². The molecule has 1 N–H and O–H groups in total. The maximum Gasteiger partial charge on any atom is 0.125 e. The number of benzene rings is 1. The van der Waals surface area contributed by atoms with E-state index in [9.17, 15) is 4.39 Å². The van der Waals surface area contributed by atoms with E-state index in [1.165, 1.54) is 12.1 Å². The lowest BCUT2D eigenvalue weighted by Crippen LogP contribution is -2.07. The van der Waals surface area contributed by atoms with Crippen molar-refractivity contribution in [2.45, 2.75) is 0 Å². The fraction of sp³-hybridized carbons (Fsp3) is 0.125. The molecule has 1 heterocycles. The Morgan fingerprint density at radius 3 is 3.27 bits per heavy atom. The van der Waals surface area contributed by atoms with Crippen LogP contribution < -0.4 is 5.32 Å². The minimum Gasteiger partial charge on any atom is -0.366 e. The molecule has 0 radical (unpaired) electrons. The summed E-state index contributed by atoms with van der Waals surface area (Å²) in [6.07, 6.45) is 1.74. The van der Waals surface area contributed by atoms with Gasteiger partial charge in [-0.1, -0.05) is 0 Å². The monoisotopic (exact) mass is 150 g/mol. The maximum absolute atomic E-state index is 12.6. The summed E-state index contributed by atoms with van der Waals surface area (Å²) in [7, 11) is 0. The highest BCUT2D eigenvalue weighted by Gasteiger charge is 2.03. The highest BCUT2D eigenvalue weighted by atomic mass is 19.1. The van der Waals surface area contributed by atoms with Crippen molar-refractivity contribution >= 4 is 11.9 Å². The molecule has 0 aliphatic carbocycles. The number of rotatable bonds is 0. The van der Waals surface area contributed by atoms with Gasteiger partial charge in [-0.05, 0) is 18.2 Å². The molecule has 3 heteroatoms. The molecule has 1 aromatic carbocycles. The van der Waals surface area contributed by atoms with Crippen LogP contribution in [-0.2, 0) is 0 Å². The molecule has 1 aromatic rings. The first-order valence-electron chi connectivity index (χ1n) is 3.39. The van der Waals surface area contributed by atoms with Crippen molar-refractivity contribution in [1.29, 1.82) is 0 Å². The molecule has 1 aliphatic rings. The molecule has 0 atom stereocenters. The van der Waals surface area contributed by atoms with E-state index in [0.717, 1.165) is 11.3 Å². The van der Waals surface area contributed by atoms with Gasteiger partial charge in [-0.25, -0.2) is 4.39 Å². The first-order valence-corrected chi connectivity index (χ1v) is 3.39. The molecule has 0 spiro atoms. The zero-order valence-electron chi connectivity index (χ0n) is 5.84. The van der Waals surface area contributed by atoms with E-state index in [1.807, 2.05) is 0 Å². The molecular weight excluding hydrogens is 143 g/mol. The van der Waals surface area contributed by atoms with Crippen LogP contribution in [0.3, 0.4) is 0 Å². The molecule has 0 amide bonds. The Balaban J connectivity index is 2.53. The first-order chi connectivity index (χ1) is 5.36. The molecule has 2 rings (SSSR count). The maximum atomic E-state index is 12.6. The third-order valence-corrected chi connectivity index (χ3v) is 1.61. The standard InChI is InChI=1S/C8H7FN2/c9-7-2-1-6-4-10-5-11-8(6)3-7/h1-4,11H,5H2. The summed E-state index contributed by atoms with van der Waals surface area (Å²) in [5.74, 6) is -0.216. The minimum absolute atomic E-state index is 0.216. The Hall–Kier alpha value is -1.38. The fourth-order valence-electron chi connectivity index (χ4n) is 1.07. The first kappa shape index (κ1) is 6.34. The third-order valence-electron chi connectivity index (χ3n) is 1.61. The molecule has 1 aliphatic heterocycles. The lowest BCUT2D eigenvalue weighted by Gasteiger charge is -2.11. The second-order valence-corrected chi connectivity index (χ2v) is 2.38. The predicted molar refractivity (Wildman–Crippen MR) is 42.5 cm³/mol. The molecule has 0 saturated heterocycles. The highest BCUT2D eigenvalue weighted by Crippen LogP contribution is 2.17. The Kier molecular flexibility index (Phi) is 1.35. The SMILES string of the molecule is Fc1ccc2c(c1)NCN=C2. The predicted octanol–water partition coefficient (Wildman–Crippen LogP) is 1.63. The normalized spacial score (nSPS) is 13.9. The van der Waals surface area contributed by atoms with Gasteiger partial charge in [0.15, 0.2) is 0 Å². The van der Waals surface area contributed by atoms with Crippen LogP contribution in [0.1, 0.15) is 5.56 Å². The topological polar surface area (TPSA) is 24.4 Å². The largest absolute Gasteiger partial charge is 0.366 e. The number of halogens is 1. The quantitative estimate of drug-likeness (QED) is 0.597. The molecule has 11 heavy (non-hydrogen) atoms. The van der Waals surface area contributed by atoms with Crippen LogP contribution in [0.5, 0.6) is 0 Å². The van der Waals surface area contributed by atoms with Crippen molar-refractivity contribution in [1.82, 2.24) is 0 Å². The molecule has 0 aromatic heterocycles. The Morgan fingerprint density at radius 2 is 2.36 bits per heavy atom. The molecule has 2 nitrogen and oxygen atoms in total. The van der Waals surface area contributed by atoms with E-state index >= 15 is 0 Å². The van der Waals surface area contributed by atoms with Crippen LogP contribution in [0, 0.1) is 5.82 Å². The van der Waals surface area contributed by atoms with Gasteiger partial charge in [0.2, 0.25) is 0 Å². The average Bonchev–Trinajstić information content (AvgIpc) is 2.04. The van der Waals surface area contributed by atoms with Gasteiger partial charge in [0.05, 0.1) is 0 Å². The van der Waals surface area contributed by atoms with E-state index in [4.69, 9.17) is 0 Å². The van der Waals surface area contributed by atoms with Gasteiger partial charge in [-0.15, -0.1) is 0 Å². The number of nitrogens with zero attached hydrogens (tertiary/aromatic N) is 1. The molecule has 56 valence electrons. The van der Waals surface area contributed by atoms with Crippen molar-refractivity contribution in [2.75, 3.05) is 12.0 Å². The van der Waals surface area contributed by atoms with Crippen molar-refractivity contribution < 1.29 is 4.39 Å². The average molecular weight is 150 g/mol. The summed E-state index contributed by atoms with van der Waals surface area (Å²) >= 11 is 0. The summed E-state index contributed by atoms with van der Waals surface area (Å²) in [6.45, 7) is 0.538. The smallest absolute Gasteiger partial charge is 0.125 e. The fourth-order valence-corrected chi connectivity index (χ4v) is 1.07. The van der Waals surface area contributed by atoms with Gasteiger partial charge in [0, 0.05) is 17.5 Å². The lowest BCUT2D eigenvalue weighted by atomic mass is 10.2. The molecule has 0 unspecified atom stereocenters.